The highest BCUT2D eigenvalue weighted by Gasteiger charge is 2.37. The van der Waals surface area contributed by atoms with Crippen LogP contribution in [0.2, 0.25) is 0 Å². The molecule has 1 amide bonds. The Morgan fingerprint density at radius 1 is 1.56 bits per heavy atom. The van der Waals surface area contributed by atoms with E-state index in [4.69, 9.17) is 0 Å². The maximum atomic E-state index is 12.4. The molecule has 1 heterocycles. The van der Waals surface area contributed by atoms with E-state index < -0.39 is 0 Å². The Balaban J connectivity index is 1.99. The fraction of sp³-hybridized carbons (Fsp3) is 0.714. The summed E-state index contributed by atoms with van der Waals surface area (Å²) in [5.74, 6) is 0.328. The zero-order valence-electron chi connectivity index (χ0n) is 11.5. The van der Waals surface area contributed by atoms with Crippen molar-refractivity contribution in [3.63, 3.8) is 0 Å². The van der Waals surface area contributed by atoms with E-state index in [1.54, 1.807) is 6.20 Å². The zero-order valence-corrected chi connectivity index (χ0v) is 11.5. The third-order valence-electron chi connectivity index (χ3n) is 4.20. The van der Waals surface area contributed by atoms with E-state index in [0.717, 1.165) is 18.4 Å². The van der Waals surface area contributed by atoms with E-state index in [1.807, 2.05) is 13.1 Å². The first-order valence-corrected chi connectivity index (χ1v) is 6.80. The molecule has 0 bridgehead atoms. The van der Waals surface area contributed by atoms with Crippen molar-refractivity contribution in [2.24, 2.45) is 11.3 Å². The van der Waals surface area contributed by atoms with Gasteiger partial charge in [-0.3, -0.25) is 9.89 Å². The maximum Gasteiger partial charge on any atom is 0.224 e. The van der Waals surface area contributed by atoms with Gasteiger partial charge in [-0.15, -0.1) is 0 Å². The molecule has 1 aromatic rings. The standard InChI is InChI=1S/C14H23N3O/c1-10(11-8-15-16-9-11)17-13(18)12-6-4-5-7-14(12,2)3/h8-10,12H,4-7H2,1-3H3,(H,15,16)(H,17,18). The molecule has 100 valence electrons. The predicted molar refractivity (Wildman–Crippen MR) is 70.9 cm³/mol. The third-order valence-corrected chi connectivity index (χ3v) is 4.20. The van der Waals surface area contributed by atoms with Gasteiger partial charge in [0.1, 0.15) is 0 Å². The summed E-state index contributed by atoms with van der Waals surface area (Å²) in [6.07, 6.45) is 8.16. The first-order chi connectivity index (χ1) is 8.50. The molecular formula is C14H23N3O. The van der Waals surface area contributed by atoms with Crippen molar-refractivity contribution in [1.82, 2.24) is 15.5 Å². The molecule has 18 heavy (non-hydrogen) atoms. The summed E-state index contributed by atoms with van der Waals surface area (Å²) in [6, 6.07) is 0.0222. The number of aromatic nitrogens is 2. The van der Waals surface area contributed by atoms with Crippen LogP contribution < -0.4 is 5.32 Å². The van der Waals surface area contributed by atoms with Crippen molar-refractivity contribution in [1.29, 1.82) is 0 Å². The first-order valence-electron chi connectivity index (χ1n) is 6.80. The van der Waals surface area contributed by atoms with Crippen molar-refractivity contribution in [2.75, 3.05) is 0 Å². The number of carbonyl (C=O) groups excluding carboxylic acids is 1. The number of nitrogens with zero attached hydrogens (tertiary/aromatic N) is 1. The smallest absolute Gasteiger partial charge is 0.224 e. The van der Waals surface area contributed by atoms with Crippen LogP contribution in [0.3, 0.4) is 0 Å². The minimum Gasteiger partial charge on any atom is -0.349 e. The molecule has 1 saturated carbocycles. The lowest BCUT2D eigenvalue weighted by Crippen LogP contribution is -2.41. The topological polar surface area (TPSA) is 57.8 Å². The summed E-state index contributed by atoms with van der Waals surface area (Å²) < 4.78 is 0. The van der Waals surface area contributed by atoms with E-state index in [-0.39, 0.29) is 23.3 Å². The highest BCUT2D eigenvalue weighted by molar-refractivity contribution is 5.80. The van der Waals surface area contributed by atoms with Gasteiger partial charge < -0.3 is 5.32 Å². The number of carbonyl (C=O) groups is 1. The lowest BCUT2D eigenvalue weighted by atomic mass is 9.68. The molecule has 2 atom stereocenters. The fourth-order valence-corrected chi connectivity index (χ4v) is 2.88. The summed E-state index contributed by atoms with van der Waals surface area (Å²) in [5.41, 5.74) is 1.15. The quantitative estimate of drug-likeness (QED) is 0.865. The SMILES string of the molecule is CC(NC(=O)C1CCCCC1(C)C)c1cn[nH]c1. The van der Waals surface area contributed by atoms with E-state index >= 15 is 0 Å². The minimum absolute atomic E-state index is 0.0222. The molecular weight excluding hydrogens is 226 g/mol. The van der Waals surface area contributed by atoms with Crippen LogP contribution in [0.1, 0.15) is 58.1 Å². The van der Waals surface area contributed by atoms with E-state index in [1.165, 1.54) is 12.8 Å². The molecule has 4 heteroatoms. The lowest BCUT2D eigenvalue weighted by molar-refractivity contribution is -0.130. The summed E-state index contributed by atoms with van der Waals surface area (Å²) in [7, 11) is 0. The van der Waals surface area contributed by atoms with Crippen molar-refractivity contribution < 1.29 is 4.79 Å². The first kappa shape index (κ1) is 13.1. The van der Waals surface area contributed by atoms with Crippen LogP contribution in [0.15, 0.2) is 12.4 Å². The molecule has 0 aliphatic heterocycles. The average molecular weight is 249 g/mol. The van der Waals surface area contributed by atoms with Crippen LogP contribution in [0.4, 0.5) is 0 Å². The molecule has 1 aliphatic carbocycles. The number of aromatic amines is 1. The molecule has 0 saturated heterocycles. The molecule has 0 radical (unpaired) electrons. The Morgan fingerprint density at radius 2 is 2.33 bits per heavy atom. The van der Waals surface area contributed by atoms with Gasteiger partial charge in [0.2, 0.25) is 5.91 Å². The van der Waals surface area contributed by atoms with Crippen LogP contribution in [0.25, 0.3) is 0 Å². The van der Waals surface area contributed by atoms with E-state index in [2.05, 4.69) is 29.4 Å². The molecule has 4 nitrogen and oxygen atoms in total. The largest absolute Gasteiger partial charge is 0.349 e. The summed E-state index contributed by atoms with van der Waals surface area (Å²) in [5, 5.41) is 9.80. The Labute approximate surface area is 109 Å². The minimum atomic E-state index is 0.0222. The summed E-state index contributed by atoms with van der Waals surface area (Å²) in [6.45, 7) is 6.41. The second-order valence-corrected chi connectivity index (χ2v) is 6.05. The van der Waals surface area contributed by atoms with Gasteiger partial charge in [0.15, 0.2) is 0 Å². The number of amides is 1. The van der Waals surface area contributed by atoms with Gasteiger partial charge in [0.25, 0.3) is 0 Å². The van der Waals surface area contributed by atoms with Crippen molar-refractivity contribution >= 4 is 5.91 Å². The second-order valence-electron chi connectivity index (χ2n) is 6.05. The number of nitrogens with one attached hydrogen (secondary N) is 2. The molecule has 0 spiro atoms. The maximum absolute atomic E-state index is 12.4. The van der Waals surface area contributed by atoms with Gasteiger partial charge in [0, 0.05) is 17.7 Å². The van der Waals surface area contributed by atoms with Crippen LogP contribution in [-0.4, -0.2) is 16.1 Å². The second kappa shape index (κ2) is 5.12. The Bertz CT molecular complexity index is 397. The molecule has 2 N–H and O–H groups in total. The van der Waals surface area contributed by atoms with Crippen LogP contribution in [0.5, 0.6) is 0 Å². The monoisotopic (exact) mass is 249 g/mol. The number of rotatable bonds is 3. The van der Waals surface area contributed by atoms with Gasteiger partial charge in [0.05, 0.1) is 12.2 Å². The lowest BCUT2D eigenvalue weighted by Gasteiger charge is -2.38. The van der Waals surface area contributed by atoms with Gasteiger partial charge in [-0.1, -0.05) is 26.7 Å². The van der Waals surface area contributed by atoms with E-state index in [0.29, 0.717) is 0 Å². The Morgan fingerprint density at radius 3 is 2.94 bits per heavy atom. The summed E-state index contributed by atoms with van der Waals surface area (Å²) >= 11 is 0. The van der Waals surface area contributed by atoms with Crippen molar-refractivity contribution in [3.8, 4) is 0 Å². The predicted octanol–water partition coefficient (Wildman–Crippen LogP) is 2.80. The van der Waals surface area contributed by atoms with Gasteiger partial charge in [-0.05, 0) is 25.2 Å². The molecule has 2 unspecified atom stereocenters. The molecule has 1 aliphatic rings. The van der Waals surface area contributed by atoms with Crippen LogP contribution in [0, 0.1) is 11.3 Å². The van der Waals surface area contributed by atoms with Crippen molar-refractivity contribution in [3.05, 3.63) is 18.0 Å². The number of hydrogen-bond acceptors (Lipinski definition) is 2. The average Bonchev–Trinajstić information content (AvgIpc) is 2.81. The van der Waals surface area contributed by atoms with Crippen LogP contribution in [-0.2, 0) is 4.79 Å². The Kier molecular flexibility index (Phi) is 3.73. The summed E-state index contributed by atoms with van der Waals surface area (Å²) in [4.78, 5) is 12.4. The number of H-pyrrole nitrogens is 1. The highest BCUT2D eigenvalue weighted by Crippen LogP contribution is 2.40. The molecule has 0 aromatic carbocycles. The normalized spacial score (nSPS) is 24.5. The Hall–Kier alpha value is -1.32. The van der Waals surface area contributed by atoms with E-state index in [9.17, 15) is 4.79 Å². The van der Waals surface area contributed by atoms with Gasteiger partial charge in [-0.2, -0.15) is 5.10 Å². The molecule has 2 rings (SSSR count). The number of hydrogen-bond donors (Lipinski definition) is 2. The van der Waals surface area contributed by atoms with Gasteiger partial charge in [-0.25, -0.2) is 0 Å². The molecule has 1 fully saturated rings. The molecule has 1 aromatic heterocycles. The van der Waals surface area contributed by atoms with Gasteiger partial charge >= 0.3 is 0 Å². The zero-order chi connectivity index (χ0) is 13.2. The van der Waals surface area contributed by atoms with Crippen molar-refractivity contribution in [2.45, 2.75) is 52.5 Å². The highest BCUT2D eigenvalue weighted by atomic mass is 16.2. The van der Waals surface area contributed by atoms with Crippen LogP contribution >= 0.6 is 0 Å². The third kappa shape index (κ3) is 2.74. The fourth-order valence-electron chi connectivity index (χ4n) is 2.88.